The number of nitrogens with one attached hydrogen (secondary N) is 1. The number of halogens is 1. The number of rotatable bonds is 4. The lowest BCUT2D eigenvalue weighted by Gasteiger charge is -2.52. The minimum absolute atomic E-state index is 0.0696. The molecule has 3 aliphatic carbocycles. The van der Waals surface area contributed by atoms with Crippen molar-refractivity contribution in [2.75, 3.05) is 4.90 Å². The van der Waals surface area contributed by atoms with Gasteiger partial charge in [-0.25, -0.2) is 10.3 Å². The number of aromatic hydroxyl groups is 1. The zero-order valence-electron chi connectivity index (χ0n) is 21.0. The summed E-state index contributed by atoms with van der Waals surface area (Å²) in [6, 6.07) is 28.6. The van der Waals surface area contributed by atoms with Crippen LogP contribution in [0.5, 0.6) is 5.75 Å². The van der Waals surface area contributed by atoms with E-state index in [4.69, 9.17) is 11.6 Å². The number of phenolic OH excluding ortho intramolecular Hbond substituents is 1. The number of phenols is 1. The molecule has 4 aromatic carbocycles. The summed E-state index contributed by atoms with van der Waals surface area (Å²) in [4.78, 5) is 42.6. The average molecular weight is 548 g/mol. The summed E-state index contributed by atoms with van der Waals surface area (Å²) in [5.41, 5.74) is 5.42. The van der Waals surface area contributed by atoms with Gasteiger partial charge in [-0.3, -0.25) is 14.4 Å². The van der Waals surface area contributed by atoms with Crippen molar-refractivity contribution < 1.29 is 19.5 Å². The third-order valence-corrected chi connectivity index (χ3v) is 8.68. The Hall–Kier alpha value is -4.75. The Balaban J connectivity index is 1.42. The van der Waals surface area contributed by atoms with Gasteiger partial charge in [0, 0.05) is 12.1 Å². The van der Waals surface area contributed by atoms with Crippen LogP contribution < -0.4 is 10.3 Å². The van der Waals surface area contributed by atoms with Crippen LogP contribution in [-0.4, -0.2) is 29.0 Å². The summed E-state index contributed by atoms with van der Waals surface area (Å²) in [6.07, 6.45) is 1.58. The standard InChI is InChI=1S/C32H22ClN3O4/c33-23-14-6-7-15-24(23)36-30(39)27-26-18-9-1-4-12-21(18)32(28(27)31(36)40,22-13-5-2-10-19(22)26)17-34-35-29(38)20-11-3-8-16-25(20)37/h1-17,26-28,37H,(H,35,38)/b34-17-. The predicted octanol–water partition coefficient (Wildman–Crippen LogP) is 5.01. The summed E-state index contributed by atoms with van der Waals surface area (Å²) in [6.45, 7) is 0. The highest BCUT2D eigenvalue weighted by atomic mass is 35.5. The molecular formula is C32H22ClN3O4. The Bertz CT molecular complexity index is 1720. The molecule has 0 spiro atoms. The molecule has 8 rings (SSSR count). The minimum atomic E-state index is -1.14. The van der Waals surface area contributed by atoms with E-state index in [9.17, 15) is 19.5 Å². The van der Waals surface area contributed by atoms with Crippen LogP contribution in [0.4, 0.5) is 5.69 Å². The highest BCUT2D eigenvalue weighted by molar-refractivity contribution is 6.36. The van der Waals surface area contributed by atoms with Crippen molar-refractivity contribution in [3.05, 3.63) is 130 Å². The molecule has 40 heavy (non-hydrogen) atoms. The van der Waals surface area contributed by atoms with Crippen LogP contribution in [-0.2, 0) is 15.0 Å². The maximum Gasteiger partial charge on any atom is 0.275 e. The molecule has 8 heteroatoms. The van der Waals surface area contributed by atoms with E-state index >= 15 is 0 Å². The van der Waals surface area contributed by atoms with Gasteiger partial charge in [-0.05, 0) is 46.5 Å². The van der Waals surface area contributed by atoms with Crippen LogP contribution in [0.25, 0.3) is 0 Å². The monoisotopic (exact) mass is 547 g/mol. The van der Waals surface area contributed by atoms with E-state index in [1.807, 2.05) is 48.5 Å². The molecule has 1 fully saturated rings. The number of benzene rings is 4. The fourth-order valence-electron chi connectivity index (χ4n) is 6.84. The summed E-state index contributed by atoms with van der Waals surface area (Å²) in [7, 11) is 0. The highest BCUT2D eigenvalue weighted by Gasteiger charge is 2.68. The van der Waals surface area contributed by atoms with Gasteiger partial charge >= 0.3 is 0 Å². The molecule has 1 saturated heterocycles. The van der Waals surface area contributed by atoms with Crippen LogP contribution in [0, 0.1) is 11.8 Å². The van der Waals surface area contributed by atoms with Gasteiger partial charge in [-0.2, -0.15) is 5.10 Å². The molecule has 0 saturated carbocycles. The molecule has 196 valence electrons. The quantitative estimate of drug-likeness (QED) is 0.213. The maximum atomic E-state index is 14.3. The molecule has 0 radical (unpaired) electrons. The number of carbonyl (C=O) groups excluding carboxylic acids is 3. The normalized spacial score (nSPS) is 24.1. The Morgan fingerprint density at radius 1 is 0.850 bits per heavy atom. The Morgan fingerprint density at radius 3 is 2.12 bits per heavy atom. The Kier molecular flexibility index (Phi) is 5.40. The van der Waals surface area contributed by atoms with Crippen LogP contribution in [0.15, 0.2) is 102 Å². The molecule has 2 unspecified atom stereocenters. The second-order valence-corrected chi connectivity index (χ2v) is 10.6. The number of anilines is 1. The predicted molar refractivity (Wildman–Crippen MR) is 150 cm³/mol. The first-order valence-corrected chi connectivity index (χ1v) is 13.3. The third kappa shape index (κ3) is 3.18. The van der Waals surface area contributed by atoms with Crippen LogP contribution in [0.3, 0.4) is 0 Å². The van der Waals surface area contributed by atoms with E-state index in [2.05, 4.69) is 10.5 Å². The number of carbonyl (C=O) groups is 3. The van der Waals surface area contributed by atoms with Gasteiger partial charge in [0.05, 0.1) is 33.5 Å². The zero-order valence-corrected chi connectivity index (χ0v) is 21.7. The molecule has 2 N–H and O–H groups in total. The number of hydrogen-bond donors (Lipinski definition) is 2. The lowest BCUT2D eigenvalue weighted by molar-refractivity contribution is -0.122. The van der Waals surface area contributed by atoms with E-state index in [-0.39, 0.29) is 29.0 Å². The first-order chi connectivity index (χ1) is 19.4. The second-order valence-electron chi connectivity index (χ2n) is 10.2. The van der Waals surface area contributed by atoms with Crippen molar-refractivity contribution in [3.8, 4) is 5.75 Å². The Morgan fingerprint density at radius 2 is 1.45 bits per heavy atom. The van der Waals surface area contributed by atoms with E-state index in [1.54, 1.807) is 42.6 Å². The van der Waals surface area contributed by atoms with Gasteiger partial charge in [0.1, 0.15) is 5.75 Å². The topological polar surface area (TPSA) is 99.1 Å². The molecule has 3 amide bonds. The van der Waals surface area contributed by atoms with Crippen molar-refractivity contribution in [1.82, 2.24) is 5.43 Å². The van der Waals surface area contributed by atoms with Crippen molar-refractivity contribution in [2.24, 2.45) is 16.9 Å². The van der Waals surface area contributed by atoms with Crippen molar-refractivity contribution in [3.63, 3.8) is 0 Å². The molecular weight excluding hydrogens is 526 g/mol. The van der Waals surface area contributed by atoms with Crippen LogP contribution in [0.2, 0.25) is 5.02 Å². The van der Waals surface area contributed by atoms with Gasteiger partial charge in [-0.15, -0.1) is 0 Å². The van der Waals surface area contributed by atoms with Crippen LogP contribution in [0.1, 0.15) is 38.5 Å². The number of para-hydroxylation sites is 2. The third-order valence-electron chi connectivity index (χ3n) is 8.36. The summed E-state index contributed by atoms with van der Waals surface area (Å²) >= 11 is 6.48. The summed E-state index contributed by atoms with van der Waals surface area (Å²) in [5.74, 6) is -3.27. The molecule has 4 aromatic rings. The first-order valence-electron chi connectivity index (χ1n) is 12.9. The molecule has 1 aliphatic heterocycles. The molecule has 7 nitrogen and oxygen atoms in total. The molecule has 4 aliphatic rings. The van der Waals surface area contributed by atoms with Gasteiger partial charge in [0.25, 0.3) is 5.91 Å². The fraction of sp³-hybridized carbons (Fsp3) is 0.125. The summed E-state index contributed by atoms with van der Waals surface area (Å²) < 4.78 is 0. The lowest BCUT2D eigenvalue weighted by Crippen LogP contribution is -2.54. The van der Waals surface area contributed by atoms with E-state index in [1.165, 1.54) is 17.0 Å². The lowest BCUT2D eigenvalue weighted by atomic mass is 9.47. The van der Waals surface area contributed by atoms with Crippen molar-refractivity contribution >= 4 is 41.2 Å². The smallest absolute Gasteiger partial charge is 0.275 e. The molecule has 2 bridgehead atoms. The van der Waals surface area contributed by atoms with Crippen molar-refractivity contribution in [1.29, 1.82) is 0 Å². The van der Waals surface area contributed by atoms with E-state index < -0.39 is 23.2 Å². The molecule has 0 aromatic heterocycles. The highest BCUT2D eigenvalue weighted by Crippen LogP contribution is 2.63. The SMILES string of the molecule is O=C(N/N=C\C12c3ccccc3C(c3ccccc31)C1C(=O)N(c3ccccc3Cl)C(=O)C12)c1ccccc1O. The van der Waals surface area contributed by atoms with Gasteiger partial charge in [0.15, 0.2) is 0 Å². The number of imide groups is 1. The number of hydrazone groups is 1. The number of nitrogens with zero attached hydrogens (tertiary/aromatic N) is 2. The van der Waals surface area contributed by atoms with Gasteiger partial charge in [-0.1, -0.05) is 84.4 Å². The van der Waals surface area contributed by atoms with Crippen molar-refractivity contribution in [2.45, 2.75) is 11.3 Å². The van der Waals surface area contributed by atoms with Gasteiger partial charge in [0.2, 0.25) is 11.8 Å². The largest absolute Gasteiger partial charge is 0.507 e. The number of hydrogen-bond acceptors (Lipinski definition) is 5. The average Bonchev–Trinajstić information content (AvgIpc) is 3.24. The first kappa shape index (κ1) is 24.3. The summed E-state index contributed by atoms with van der Waals surface area (Å²) in [5, 5.41) is 14.8. The molecule has 1 heterocycles. The molecule has 2 atom stereocenters. The fourth-order valence-corrected chi connectivity index (χ4v) is 7.06. The number of amides is 3. The van der Waals surface area contributed by atoms with E-state index in [0.717, 1.165) is 22.3 Å². The maximum absolute atomic E-state index is 14.3. The van der Waals surface area contributed by atoms with Crippen LogP contribution >= 0.6 is 11.6 Å². The Labute approximate surface area is 234 Å². The zero-order chi connectivity index (χ0) is 27.6. The van der Waals surface area contributed by atoms with Gasteiger partial charge < -0.3 is 5.11 Å². The second kappa shape index (κ2) is 8.89. The minimum Gasteiger partial charge on any atom is -0.507 e. The van der Waals surface area contributed by atoms with E-state index in [0.29, 0.717) is 10.7 Å².